The number of sulfonamides is 1. The van der Waals surface area contributed by atoms with Crippen molar-refractivity contribution in [2.24, 2.45) is 5.92 Å². The topological polar surface area (TPSA) is 68.1 Å². The van der Waals surface area contributed by atoms with E-state index in [0.717, 1.165) is 23.2 Å². The lowest BCUT2D eigenvalue weighted by atomic mass is 10.00. The van der Waals surface area contributed by atoms with Crippen LogP contribution in [0.25, 0.3) is 0 Å². The lowest BCUT2D eigenvalue weighted by molar-refractivity contribution is 0.240. The standard InChI is InChI=1S/C9H15IN4O2S/c1-17(15,16)14-4-2-3-8(6-14)5-13-7-11-9(10)12-13/h7-8H,2-6H2,1H3. The van der Waals surface area contributed by atoms with Crippen LogP contribution < -0.4 is 0 Å². The van der Waals surface area contributed by atoms with Crippen molar-refractivity contribution in [2.45, 2.75) is 19.4 Å². The summed E-state index contributed by atoms with van der Waals surface area (Å²) in [7, 11) is -3.06. The Kier molecular flexibility index (Phi) is 4.03. The van der Waals surface area contributed by atoms with Crippen molar-refractivity contribution in [1.82, 2.24) is 19.1 Å². The fourth-order valence-corrected chi connectivity index (χ4v) is 3.45. The lowest BCUT2D eigenvalue weighted by Crippen LogP contribution is -2.40. The molecule has 1 unspecified atom stereocenters. The Morgan fingerprint density at radius 2 is 2.35 bits per heavy atom. The molecule has 1 aromatic heterocycles. The Morgan fingerprint density at radius 3 is 2.94 bits per heavy atom. The second kappa shape index (κ2) is 5.19. The molecule has 17 heavy (non-hydrogen) atoms. The maximum Gasteiger partial charge on any atom is 0.211 e. The summed E-state index contributed by atoms with van der Waals surface area (Å²) < 4.78 is 27.0. The minimum atomic E-state index is -3.06. The molecule has 1 saturated heterocycles. The van der Waals surface area contributed by atoms with Crippen molar-refractivity contribution >= 4 is 32.6 Å². The van der Waals surface area contributed by atoms with E-state index in [0.29, 0.717) is 19.0 Å². The molecule has 0 N–H and O–H groups in total. The van der Waals surface area contributed by atoms with Gasteiger partial charge >= 0.3 is 0 Å². The van der Waals surface area contributed by atoms with Crippen LogP contribution in [0.3, 0.4) is 0 Å². The smallest absolute Gasteiger partial charge is 0.211 e. The Balaban J connectivity index is 1.98. The first kappa shape index (κ1) is 13.2. The van der Waals surface area contributed by atoms with Crippen LogP contribution in [0.15, 0.2) is 6.33 Å². The van der Waals surface area contributed by atoms with Crippen molar-refractivity contribution in [3.63, 3.8) is 0 Å². The molecule has 6 nitrogen and oxygen atoms in total. The van der Waals surface area contributed by atoms with Crippen LogP contribution in [-0.4, -0.2) is 46.8 Å². The van der Waals surface area contributed by atoms with Gasteiger partial charge in [0.2, 0.25) is 13.9 Å². The molecule has 0 spiro atoms. The van der Waals surface area contributed by atoms with E-state index in [-0.39, 0.29) is 0 Å². The number of rotatable bonds is 3. The highest BCUT2D eigenvalue weighted by Crippen LogP contribution is 2.19. The Bertz CT molecular complexity index is 487. The lowest BCUT2D eigenvalue weighted by Gasteiger charge is -2.30. The Hall–Kier alpha value is -0.220. The van der Waals surface area contributed by atoms with E-state index in [1.165, 1.54) is 6.26 Å². The predicted molar refractivity (Wildman–Crippen MR) is 71.9 cm³/mol. The maximum absolute atomic E-state index is 11.5. The van der Waals surface area contributed by atoms with E-state index >= 15 is 0 Å². The number of hydrogen-bond donors (Lipinski definition) is 0. The zero-order chi connectivity index (χ0) is 12.5. The number of nitrogens with zero attached hydrogens (tertiary/aromatic N) is 4. The molecule has 0 aliphatic carbocycles. The van der Waals surface area contributed by atoms with Crippen LogP contribution in [0.1, 0.15) is 12.8 Å². The highest BCUT2D eigenvalue weighted by molar-refractivity contribution is 14.1. The molecular formula is C9H15IN4O2S. The van der Waals surface area contributed by atoms with Gasteiger partial charge in [0.25, 0.3) is 0 Å². The van der Waals surface area contributed by atoms with Crippen LogP contribution in [0.2, 0.25) is 0 Å². The molecule has 2 rings (SSSR count). The summed E-state index contributed by atoms with van der Waals surface area (Å²) in [6.07, 6.45) is 4.93. The summed E-state index contributed by atoms with van der Waals surface area (Å²) in [6, 6.07) is 0. The van der Waals surface area contributed by atoms with Crippen molar-refractivity contribution in [2.75, 3.05) is 19.3 Å². The van der Waals surface area contributed by atoms with E-state index in [4.69, 9.17) is 0 Å². The first-order valence-electron chi connectivity index (χ1n) is 5.45. The molecule has 0 aromatic carbocycles. The van der Waals surface area contributed by atoms with Gasteiger partial charge in [-0.05, 0) is 18.8 Å². The highest BCUT2D eigenvalue weighted by Gasteiger charge is 2.26. The van der Waals surface area contributed by atoms with Gasteiger partial charge in [0.05, 0.1) is 6.26 Å². The normalized spacial score (nSPS) is 22.8. The van der Waals surface area contributed by atoms with Crippen LogP contribution in [0, 0.1) is 9.75 Å². The van der Waals surface area contributed by atoms with Gasteiger partial charge in [-0.3, -0.25) is 4.68 Å². The van der Waals surface area contributed by atoms with Crippen LogP contribution in [0.4, 0.5) is 0 Å². The van der Waals surface area contributed by atoms with Crippen molar-refractivity contribution in [1.29, 1.82) is 0 Å². The summed E-state index contributed by atoms with van der Waals surface area (Å²) in [6.45, 7) is 1.97. The molecule has 96 valence electrons. The van der Waals surface area contributed by atoms with Crippen molar-refractivity contribution in [3.05, 3.63) is 10.2 Å². The third-order valence-electron chi connectivity index (χ3n) is 2.90. The van der Waals surface area contributed by atoms with Gasteiger partial charge in [0, 0.05) is 42.2 Å². The largest absolute Gasteiger partial charge is 0.252 e. The van der Waals surface area contributed by atoms with E-state index in [2.05, 4.69) is 32.7 Å². The van der Waals surface area contributed by atoms with Gasteiger partial charge in [-0.15, -0.1) is 5.10 Å². The first-order chi connectivity index (χ1) is 7.95. The van der Waals surface area contributed by atoms with E-state index in [1.54, 1.807) is 15.3 Å². The Morgan fingerprint density at radius 1 is 1.59 bits per heavy atom. The zero-order valence-corrected chi connectivity index (χ0v) is 12.6. The molecule has 1 aromatic rings. The monoisotopic (exact) mass is 370 g/mol. The minimum Gasteiger partial charge on any atom is -0.252 e. The average Bonchev–Trinajstić information content (AvgIpc) is 2.63. The van der Waals surface area contributed by atoms with Gasteiger partial charge in [0.1, 0.15) is 6.33 Å². The summed E-state index contributed by atoms with van der Waals surface area (Å²) in [5.74, 6) is 0.330. The number of aromatic nitrogens is 3. The van der Waals surface area contributed by atoms with Gasteiger partial charge in [-0.1, -0.05) is 0 Å². The quantitative estimate of drug-likeness (QED) is 0.729. The fraction of sp³-hybridized carbons (Fsp3) is 0.778. The summed E-state index contributed by atoms with van der Waals surface area (Å²) in [5, 5.41) is 4.22. The molecule has 8 heteroatoms. The maximum atomic E-state index is 11.5. The van der Waals surface area contributed by atoms with Gasteiger partial charge < -0.3 is 0 Å². The molecule has 0 saturated carbocycles. The number of halogens is 1. The predicted octanol–water partition coefficient (Wildman–Crippen LogP) is 0.554. The molecular weight excluding hydrogens is 355 g/mol. The van der Waals surface area contributed by atoms with Gasteiger partial charge in [0.15, 0.2) is 0 Å². The van der Waals surface area contributed by atoms with Gasteiger partial charge in [-0.25, -0.2) is 17.7 Å². The number of hydrogen-bond acceptors (Lipinski definition) is 4. The third-order valence-corrected chi connectivity index (χ3v) is 4.67. The molecule has 2 heterocycles. The molecule has 0 amide bonds. The molecule has 1 atom stereocenters. The highest BCUT2D eigenvalue weighted by atomic mass is 127. The molecule has 1 aliphatic heterocycles. The van der Waals surface area contributed by atoms with E-state index < -0.39 is 10.0 Å². The second-order valence-electron chi connectivity index (χ2n) is 4.36. The van der Waals surface area contributed by atoms with Gasteiger partial charge in [-0.2, -0.15) is 0 Å². The van der Waals surface area contributed by atoms with E-state index in [9.17, 15) is 8.42 Å². The minimum absolute atomic E-state index is 0.330. The van der Waals surface area contributed by atoms with Crippen molar-refractivity contribution in [3.8, 4) is 0 Å². The fourth-order valence-electron chi connectivity index (χ4n) is 2.10. The summed E-state index contributed by atoms with van der Waals surface area (Å²) in [5.41, 5.74) is 0. The molecule has 1 aliphatic rings. The summed E-state index contributed by atoms with van der Waals surface area (Å²) in [4.78, 5) is 4.06. The Labute approximate surface area is 115 Å². The SMILES string of the molecule is CS(=O)(=O)N1CCCC(Cn2cnc(I)n2)C1. The molecule has 1 fully saturated rings. The third kappa shape index (κ3) is 3.62. The molecule has 0 bridgehead atoms. The van der Waals surface area contributed by atoms with Crippen LogP contribution >= 0.6 is 22.6 Å². The van der Waals surface area contributed by atoms with Crippen LogP contribution in [-0.2, 0) is 16.6 Å². The molecule has 0 radical (unpaired) electrons. The summed E-state index contributed by atoms with van der Waals surface area (Å²) >= 11 is 2.06. The van der Waals surface area contributed by atoms with E-state index in [1.807, 2.05) is 0 Å². The second-order valence-corrected chi connectivity index (χ2v) is 7.31. The first-order valence-corrected chi connectivity index (χ1v) is 8.38. The zero-order valence-electron chi connectivity index (χ0n) is 9.58. The van der Waals surface area contributed by atoms with Crippen molar-refractivity contribution < 1.29 is 8.42 Å². The average molecular weight is 370 g/mol. The number of piperidine rings is 1. The van der Waals surface area contributed by atoms with Crippen LogP contribution in [0.5, 0.6) is 0 Å².